The van der Waals surface area contributed by atoms with E-state index < -0.39 is 11.6 Å². The Labute approximate surface area is 164 Å². The van der Waals surface area contributed by atoms with Crippen LogP contribution in [0.1, 0.15) is 83.1 Å². The Morgan fingerprint density at radius 3 is 1.85 bits per heavy atom. The van der Waals surface area contributed by atoms with Crippen LogP contribution in [0.5, 0.6) is 0 Å². The Morgan fingerprint density at radius 1 is 0.778 bits per heavy atom. The van der Waals surface area contributed by atoms with Crippen molar-refractivity contribution in [2.75, 3.05) is 0 Å². The van der Waals surface area contributed by atoms with Gasteiger partial charge in [0.2, 0.25) is 0 Å². The van der Waals surface area contributed by atoms with Gasteiger partial charge in [0.05, 0.1) is 0 Å². The molecular weight excluding hydrogens is 338 g/mol. The summed E-state index contributed by atoms with van der Waals surface area (Å²) in [5, 5.41) is 0. The zero-order valence-corrected chi connectivity index (χ0v) is 16.9. The second-order valence-corrected chi connectivity index (χ2v) is 9.02. The van der Waals surface area contributed by atoms with Crippen molar-refractivity contribution in [3.05, 3.63) is 47.5 Å². The van der Waals surface area contributed by atoms with E-state index in [1.165, 1.54) is 76.3 Å². The zero-order valence-electron chi connectivity index (χ0n) is 16.9. The first-order valence-corrected chi connectivity index (χ1v) is 11.3. The molecule has 0 atom stereocenters. The standard InChI is InChI=1S/C25H36F2/c1-2-3-19-4-6-20(7-5-19)8-9-21-10-12-22(13-11-21)14-15-23-16-17-24(26)25(27)18-23/h8-9,16-22H,2-7,10-15H2,1H3. The Hall–Kier alpha value is -1.18. The fraction of sp³-hybridized carbons (Fsp3) is 0.680. The lowest BCUT2D eigenvalue weighted by Crippen LogP contribution is -2.15. The van der Waals surface area contributed by atoms with Crippen LogP contribution < -0.4 is 0 Å². The van der Waals surface area contributed by atoms with E-state index in [1.807, 2.05) is 0 Å². The summed E-state index contributed by atoms with van der Waals surface area (Å²) in [5.74, 6) is 1.86. The van der Waals surface area contributed by atoms with Gasteiger partial charge >= 0.3 is 0 Å². The predicted molar refractivity (Wildman–Crippen MR) is 110 cm³/mol. The fourth-order valence-electron chi connectivity index (χ4n) is 5.13. The van der Waals surface area contributed by atoms with Gasteiger partial charge in [0.15, 0.2) is 11.6 Å². The largest absolute Gasteiger partial charge is 0.204 e. The summed E-state index contributed by atoms with van der Waals surface area (Å²) in [6.45, 7) is 2.31. The maximum absolute atomic E-state index is 13.3. The Morgan fingerprint density at radius 2 is 1.33 bits per heavy atom. The summed E-state index contributed by atoms with van der Waals surface area (Å²) in [5.41, 5.74) is 0.926. The third-order valence-electron chi connectivity index (χ3n) is 6.96. The van der Waals surface area contributed by atoms with Gasteiger partial charge in [-0.3, -0.25) is 0 Å². The van der Waals surface area contributed by atoms with E-state index in [4.69, 9.17) is 0 Å². The number of allylic oxidation sites excluding steroid dienone is 2. The third-order valence-corrected chi connectivity index (χ3v) is 6.96. The molecule has 0 nitrogen and oxygen atoms in total. The van der Waals surface area contributed by atoms with E-state index >= 15 is 0 Å². The molecule has 150 valence electrons. The molecule has 3 rings (SSSR count). The first-order valence-electron chi connectivity index (χ1n) is 11.3. The minimum Gasteiger partial charge on any atom is -0.204 e. The van der Waals surface area contributed by atoms with Crippen LogP contribution in [0.25, 0.3) is 0 Å². The van der Waals surface area contributed by atoms with Gasteiger partial charge < -0.3 is 0 Å². The Balaban J connectivity index is 1.34. The highest BCUT2D eigenvalue weighted by Gasteiger charge is 2.21. The van der Waals surface area contributed by atoms with Crippen LogP contribution in [0, 0.1) is 35.3 Å². The molecule has 0 bridgehead atoms. The monoisotopic (exact) mass is 374 g/mol. The predicted octanol–water partition coefficient (Wildman–Crippen LogP) is 7.87. The molecule has 1 aromatic carbocycles. The molecule has 2 saturated carbocycles. The molecule has 0 N–H and O–H groups in total. The molecule has 0 unspecified atom stereocenters. The van der Waals surface area contributed by atoms with Gasteiger partial charge in [-0.15, -0.1) is 0 Å². The highest BCUT2D eigenvalue weighted by atomic mass is 19.2. The third kappa shape index (κ3) is 6.43. The maximum atomic E-state index is 13.3. The lowest BCUT2D eigenvalue weighted by Gasteiger charge is -2.29. The van der Waals surface area contributed by atoms with E-state index in [9.17, 15) is 8.78 Å². The van der Waals surface area contributed by atoms with Gasteiger partial charge in [-0.25, -0.2) is 8.78 Å². The molecule has 1 aromatic rings. The molecule has 2 heteroatoms. The van der Waals surface area contributed by atoms with Crippen molar-refractivity contribution in [2.24, 2.45) is 23.7 Å². The molecule has 0 amide bonds. The average molecular weight is 375 g/mol. The van der Waals surface area contributed by atoms with E-state index in [0.717, 1.165) is 42.1 Å². The van der Waals surface area contributed by atoms with Crippen molar-refractivity contribution in [1.29, 1.82) is 0 Å². The van der Waals surface area contributed by atoms with Crippen LogP contribution >= 0.6 is 0 Å². The van der Waals surface area contributed by atoms with Crippen LogP contribution in [0.2, 0.25) is 0 Å². The van der Waals surface area contributed by atoms with E-state index in [-0.39, 0.29) is 0 Å². The number of hydrogen-bond acceptors (Lipinski definition) is 0. The number of rotatable bonds is 7. The van der Waals surface area contributed by atoms with E-state index in [2.05, 4.69) is 19.1 Å². The number of benzene rings is 1. The maximum Gasteiger partial charge on any atom is 0.159 e. The van der Waals surface area contributed by atoms with Crippen molar-refractivity contribution in [3.63, 3.8) is 0 Å². The average Bonchev–Trinajstić information content (AvgIpc) is 2.69. The van der Waals surface area contributed by atoms with Crippen LogP contribution in [0.15, 0.2) is 30.4 Å². The summed E-state index contributed by atoms with van der Waals surface area (Å²) in [6, 6.07) is 4.34. The molecular formula is C25H36F2. The summed E-state index contributed by atoms with van der Waals surface area (Å²) < 4.78 is 26.3. The summed E-state index contributed by atoms with van der Waals surface area (Å²) in [4.78, 5) is 0. The SMILES string of the molecule is CCCC1CCC(C=CC2CCC(CCc3ccc(F)c(F)c3)CC2)CC1. The quantitative estimate of drug-likeness (QED) is 0.426. The normalized spacial score (nSPS) is 29.3. The number of halogens is 2. The summed E-state index contributed by atoms with van der Waals surface area (Å²) in [6.07, 6.45) is 20.6. The van der Waals surface area contributed by atoms with Gasteiger partial charge in [-0.2, -0.15) is 0 Å². The molecule has 0 heterocycles. The second-order valence-electron chi connectivity index (χ2n) is 9.02. The minimum atomic E-state index is -0.745. The first-order chi connectivity index (χ1) is 13.1. The molecule has 0 aliphatic heterocycles. The summed E-state index contributed by atoms with van der Waals surface area (Å²) in [7, 11) is 0. The molecule has 0 saturated heterocycles. The van der Waals surface area contributed by atoms with E-state index in [0.29, 0.717) is 0 Å². The molecule has 0 spiro atoms. The first kappa shape index (κ1) is 20.6. The van der Waals surface area contributed by atoms with Crippen LogP contribution in [0.3, 0.4) is 0 Å². The van der Waals surface area contributed by atoms with Crippen LogP contribution in [0.4, 0.5) is 8.78 Å². The van der Waals surface area contributed by atoms with Gasteiger partial charge in [-0.05, 0) is 106 Å². The second kappa shape index (κ2) is 10.4. The lowest BCUT2D eigenvalue weighted by molar-refractivity contribution is 0.285. The van der Waals surface area contributed by atoms with Crippen molar-refractivity contribution >= 4 is 0 Å². The molecule has 2 fully saturated rings. The lowest BCUT2D eigenvalue weighted by atomic mass is 9.77. The number of hydrogen-bond donors (Lipinski definition) is 0. The Bertz CT molecular complexity index is 590. The van der Waals surface area contributed by atoms with Gasteiger partial charge in [0.1, 0.15) is 0 Å². The summed E-state index contributed by atoms with van der Waals surface area (Å²) >= 11 is 0. The molecule has 27 heavy (non-hydrogen) atoms. The number of aryl methyl sites for hydroxylation is 1. The van der Waals surface area contributed by atoms with Crippen molar-refractivity contribution in [1.82, 2.24) is 0 Å². The highest BCUT2D eigenvalue weighted by Crippen LogP contribution is 2.35. The molecule has 0 aromatic heterocycles. The fourth-order valence-corrected chi connectivity index (χ4v) is 5.13. The zero-order chi connectivity index (χ0) is 19.1. The van der Waals surface area contributed by atoms with Crippen molar-refractivity contribution in [2.45, 2.75) is 84.0 Å². The topological polar surface area (TPSA) is 0 Å². The van der Waals surface area contributed by atoms with Crippen LogP contribution in [-0.4, -0.2) is 0 Å². The molecule has 0 radical (unpaired) electrons. The van der Waals surface area contributed by atoms with Gasteiger partial charge in [0, 0.05) is 0 Å². The minimum absolute atomic E-state index is 0.718. The van der Waals surface area contributed by atoms with Gasteiger partial charge in [0.25, 0.3) is 0 Å². The molecule has 2 aliphatic carbocycles. The highest BCUT2D eigenvalue weighted by molar-refractivity contribution is 5.17. The van der Waals surface area contributed by atoms with Gasteiger partial charge in [-0.1, -0.05) is 38.0 Å². The van der Waals surface area contributed by atoms with Crippen molar-refractivity contribution in [3.8, 4) is 0 Å². The smallest absolute Gasteiger partial charge is 0.159 e. The van der Waals surface area contributed by atoms with Crippen LogP contribution in [-0.2, 0) is 6.42 Å². The molecule has 2 aliphatic rings. The Kier molecular flexibility index (Phi) is 7.91. The van der Waals surface area contributed by atoms with E-state index in [1.54, 1.807) is 6.07 Å². The van der Waals surface area contributed by atoms with Crippen molar-refractivity contribution < 1.29 is 8.78 Å².